The number of hydrogen-bond donors (Lipinski definition) is 0. The van der Waals surface area contributed by atoms with Crippen molar-refractivity contribution in [1.82, 2.24) is 0 Å². The maximum absolute atomic E-state index is 15.9. The number of nitrogens with zero attached hydrogens (tertiary/aromatic N) is 1. The minimum absolute atomic E-state index is 0.0501. The molecule has 0 N–H and O–H groups in total. The van der Waals surface area contributed by atoms with Crippen LogP contribution < -0.4 is 4.74 Å². The first-order valence-corrected chi connectivity index (χ1v) is 22.2. The molecule has 2 aromatic carbocycles. The van der Waals surface area contributed by atoms with E-state index in [4.69, 9.17) is 14.7 Å². The lowest BCUT2D eigenvalue weighted by Gasteiger charge is -2.26. The molecule has 1 aliphatic carbocycles. The van der Waals surface area contributed by atoms with E-state index in [9.17, 15) is 9.59 Å². The van der Waals surface area contributed by atoms with Gasteiger partial charge in [-0.05, 0) is 161 Å². The Labute approximate surface area is 349 Å². The average molecular weight is 792 g/mol. The molecule has 6 heteroatoms. The Kier molecular flexibility index (Phi) is 19.2. The van der Waals surface area contributed by atoms with Gasteiger partial charge in [0.25, 0.3) is 0 Å². The monoisotopic (exact) mass is 792 g/mol. The summed E-state index contributed by atoms with van der Waals surface area (Å²) < 4.78 is 26.9. The van der Waals surface area contributed by atoms with Crippen molar-refractivity contribution < 1.29 is 23.5 Å². The molecule has 2 aliphatic rings. The smallest absolute Gasteiger partial charge is 0.165 e. The molecular formula is C52H70FNO4. The number of alkyl halides is 1. The van der Waals surface area contributed by atoms with Crippen LogP contribution in [0.4, 0.5) is 4.39 Å². The van der Waals surface area contributed by atoms with E-state index >= 15 is 4.39 Å². The van der Waals surface area contributed by atoms with Gasteiger partial charge in [0.15, 0.2) is 11.6 Å². The quantitative estimate of drug-likeness (QED) is 0.0368. The number of halogens is 1. The van der Waals surface area contributed by atoms with Crippen LogP contribution in [0.1, 0.15) is 153 Å². The summed E-state index contributed by atoms with van der Waals surface area (Å²) in [5.74, 6) is 3.32. The average Bonchev–Trinajstić information content (AvgIpc) is 4.10. The molecule has 0 bridgehead atoms. The van der Waals surface area contributed by atoms with E-state index < -0.39 is 6.17 Å². The third kappa shape index (κ3) is 14.9. The zero-order chi connectivity index (χ0) is 42.0. The van der Waals surface area contributed by atoms with Gasteiger partial charge in [-0.1, -0.05) is 82.9 Å². The Hall–Kier alpha value is -4.24. The van der Waals surface area contributed by atoms with Gasteiger partial charge in [-0.15, -0.1) is 0 Å². The molecule has 0 radical (unpaired) electrons. The van der Waals surface area contributed by atoms with Gasteiger partial charge in [0, 0.05) is 23.5 Å². The highest BCUT2D eigenvalue weighted by Crippen LogP contribution is 2.36. The van der Waals surface area contributed by atoms with Crippen LogP contribution in [0, 0.1) is 40.9 Å². The first kappa shape index (κ1) is 46.4. The van der Waals surface area contributed by atoms with Gasteiger partial charge in [-0.3, -0.25) is 9.59 Å². The number of carbonyl (C=O) groups is 2. The molecule has 1 saturated carbocycles. The summed E-state index contributed by atoms with van der Waals surface area (Å²) in [6, 6.07) is 17.4. The normalized spacial score (nSPS) is 20.5. The molecule has 1 aliphatic heterocycles. The molecule has 5 nitrogen and oxygen atoms in total. The van der Waals surface area contributed by atoms with E-state index in [1.165, 1.54) is 11.1 Å². The lowest BCUT2D eigenvalue weighted by Crippen LogP contribution is -2.23. The Bertz CT molecular complexity index is 1790. The number of benzene rings is 2. The van der Waals surface area contributed by atoms with Crippen LogP contribution in [-0.2, 0) is 16.0 Å². The van der Waals surface area contributed by atoms with Crippen molar-refractivity contribution in [2.75, 3.05) is 13.7 Å². The summed E-state index contributed by atoms with van der Waals surface area (Å²) in [4.78, 5) is 27.1. The molecule has 0 aromatic heterocycles. The van der Waals surface area contributed by atoms with Crippen molar-refractivity contribution in [3.05, 3.63) is 112 Å². The lowest BCUT2D eigenvalue weighted by molar-refractivity contribution is -0.115. The van der Waals surface area contributed by atoms with E-state index in [0.29, 0.717) is 55.3 Å². The number of Topliss-reactive ketones (excluding diaryl/α,β-unsaturated/α-hetero) is 2. The fraction of sp³-hybridized carbons (Fsp3) is 0.558. The highest BCUT2D eigenvalue weighted by Gasteiger charge is 2.28. The number of hydrogen-bond acceptors (Lipinski definition) is 5. The number of nitriles is 1. The van der Waals surface area contributed by atoms with Crippen molar-refractivity contribution in [3.63, 3.8) is 0 Å². The van der Waals surface area contributed by atoms with Crippen molar-refractivity contribution in [1.29, 1.82) is 5.26 Å². The third-order valence-electron chi connectivity index (χ3n) is 12.9. The Morgan fingerprint density at radius 2 is 1.67 bits per heavy atom. The predicted molar refractivity (Wildman–Crippen MR) is 235 cm³/mol. The molecule has 314 valence electrons. The number of epoxide rings is 1. The predicted octanol–water partition coefficient (Wildman–Crippen LogP) is 13.6. The minimum Gasteiger partial charge on any atom is -0.497 e. The van der Waals surface area contributed by atoms with Crippen molar-refractivity contribution in [3.8, 4) is 11.8 Å². The summed E-state index contributed by atoms with van der Waals surface area (Å²) in [6.07, 6.45) is 18.1. The van der Waals surface area contributed by atoms with Crippen LogP contribution in [0.5, 0.6) is 5.75 Å². The third-order valence-corrected chi connectivity index (χ3v) is 12.9. The number of allylic oxidation sites excluding steroid dienone is 7. The summed E-state index contributed by atoms with van der Waals surface area (Å²) in [5, 5.41) is 9.11. The number of ketones is 2. The van der Waals surface area contributed by atoms with Crippen molar-refractivity contribution >= 4 is 11.6 Å². The summed E-state index contributed by atoms with van der Waals surface area (Å²) in [6.45, 7) is 13.4. The molecule has 6 atom stereocenters. The lowest BCUT2D eigenvalue weighted by atomic mass is 9.81. The zero-order valence-corrected chi connectivity index (χ0v) is 36.6. The number of carbonyl (C=O) groups excluding carboxylic acids is 2. The Balaban J connectivity index is 1.32. The second kappa shape index (κ2) is 24.0. The van der Waals surface area contributed by atoms with Crippen LogP contribution in [0.25, 0.3) is 0 Å². The standard InChI is InChI=1S/C52H70FNO4/c1-8-12-43(49(53)33-39(6)38(5)32-41-18-20-42(34-54)21-19-41)14-11-16-50(55)46(31-36(3)9-2)24-17-37(4)48(51-35-58-51)30-23-40-13-10-15-44(25-22-40)52(56)45-26-28-47(57-7)29-27-45/h17-21,24,26-29,31,38-40,43-44,49H,8-16,22-23,25,30,32-33,35H2,1-7H3. The van der Waals surface area contributed by atoms with Gasteiger partial charge in [0.1, 0.15) is 24.3 Å². The van der Waals surface area contributed by atoms with Gasteiger partial charge in [0.05, 0.1) is 18.7 Å². The molecule has 0 amide bonds. The Morgan fingerprint density at radius 1 is 0.948 bits per heavy atom. The maximum atomic E-state index is 15.9. The molecule has 2 aromatic rings. The first-order valence-electron chi connectivity index (χ1n) is 22.2. The molecule has 2 fully saturated rings. The first-order chi connectivity index (χ1) is 28.0. The van der Waals surface area contributed by atoms with Gasteiger partial charge in [0.2, 0.25) is 0 Å². The maximum Gasteiger partial charge on any atom is 0.165 e. The SMILES string of the molecule is CCCC(CCCC(=O)C(C=C(C)CC)=CC=C(C)C(CCC1CCCC(C(=O)c2ccc(OC)cc2)CC1)=C1CO1)C(F)CC(C)C(C)Cc1ccc(C#N)cc1. The topological polar surface area (TPSA) is 79.7 Å². The minimum atomic E-state index is -0.895. The highest BCUT2D eigenvalue weighted by atomic mass is 19.1. The summed E-state index contributed by atoms with van der Waals surface area (Å²) >= 11 is 0. The van der Waals surface area contributed by atoms with Gasteiger partial charge in [-0.25, -0.2) is 4.39 Å². The van der Waals surface area contributed by atoms with Crippen LogP contribution in [-0.4, -0.2) is 31.5 Å². The van der Waals surface area contributed by atoms with E-state index in [1.807, 2.05) is 60.7 Å². The van der Waals surface area contributed by atoms with Crippen LogP contribution in [0.15, 0.2) is 94.8 Å². The second-order valence-corrected chi connectivity index (χ2v) is 17.3. The molecular weight excluding hydrogens is 722 g/mol. The molecule has 1 saturated heterocycles. The molecule has 4 rings (SSSR count). The highest BCUT2D eigenvalue weighted by molar-refractivity contribution is 5.98. The van der Waals surface area contributed by atoms with E-state index in [0.717, 1.165) is 98.8 Å². The van der Waals surface area contributed by atoms with Crippen LogP contribution in [0.2, 0.25) is 0 Å². The molecule has 1 heterocycles. The van der Waals surface area contributed by atoms with Crippen molar-refractivity contribution in [2.24, 2.45) is 29.6 Å². The summed E-state index contributed by atoms with van der Waals surface area (Å²) in [7, 11) is 1.64. The summed E-state index contributed by atoms with van der Waals surface area (Å²) in [5.41, 5.74) is 6.85. The fourth-order valence-electron chi connectivity index (χ4n) is 8.55. The molecule has 0 spiro atoms. The van der Waals surface area contributed by atoms with Gasteiger partial charge < -0.3 is 9.47 Å². The largest absolute Gasteiger partial charge is 0.497 e. The molecule has 6 unspecified atom stereocenters. The second-order valence-electron chi connectivity index (χ2n) is 17.3. The Morgan fingerprint density at radius 3 is 2.31 bits per heavy atom. The van der Waals surface area contributed by atoms with Crippen molar-refractivity contribution in [2.45, 2.75) is 144 Å². The van der Waals surface area contributed by atoms with Crippen LogP contribution >= 0.6 is 0 Å². The number of methoxy groups -OCH3 is 1. The van der Waals surface area contributed by atoms with E-state index in [1.54, 1.807) is 7.11 Å². The van der Waals surface area contributed by atoms with E-state index in [2.05, 4.69) is 53.7 Å². The number of ether oxygens (including phenoxy) is 2. The molecule has 58 heavy (non-hydrogen) atoms. The van der Waals surface area contributed by atoms with Crippen LogP contribution in [0.3, 0.4) is 0 Å². The fourth-order valence-corrected chi connectivity index (χ4v) is 8.55. The van der Waals surface area contributed by atoms with Gasteiger partial charge >= 0.3 is 0 Å². The number of rotatable bonds is 23. The van der Waals surface area contributed by atoms with Gasteiger partial charge in [-0.2, -0.15) is 5.26 Å². The zero-order valence-electron chi connectivity index (χ0n) is 36.6. The van der Waals surface area contributed by atoms with E-state index in [-0.39, 0.29) is 29.3 Å².